The minimum atomic E-state index is -1.16. The lowest BCUT2D eigenvalue weighted by atomic mass is 10.0. The van der Waals surface area contributed by atoms with E-state index in [0.717, 1.165) is 11.3 Å². The van der Waals surface area contributed by atoms with Crippen LogP contribution >= 0.6 is 0 Å². The Kier molecular flexibility index (Phi) is 8.47. The van der Waals surface area contributed by atoms with E-state index in [9.17, 15) is 9.90 Å². The Morgan fingerprint density at radius 1 is 1.10 bits per heavy atom. The van der Waals surface area contributed by atoms with Gasteiger partial charge in [0, 0.05) is 25.2 Å². The third-order valence-corrected chi connectivity index (χ3v) is 4.89. The molecule has 0 aliphatic carbocycles. The van der Waals surface area contributed by atoms with E-state index >= 15 is 0 Å². The Balaban J connectivity index is 2.01. The number of hydrogen-bond donors (Lipinski definition) is 3. The number of nitrogens with one attached hydrogen (secondary N) is 2. The van der Waals surface area contributed by atoms with Crippen molar-refractivity contribution in [3.8, 4) is 0 Å². The van der Waals surface area contributed by atoms with Gasteiger partial charge in [0.05, 0.1) is 13.1 Å². The third kappa shape index (κ3) is 6.35. The molecular weight excluding hydrogens is 380 g/mol. The molecule has 2 aromatic rings. The number of amides is 1. The van der Waals surface area contributed by atoms with Gasteiger partial charge in [0.15, 0.2) is 5.96 Å². The lowest BCUT2D eigenvalue weighted by Crippen LogP contribution is -2.44. The first kappa shape index (κ1) is 23.5. The Morgan fingerprint density at radius 2 is 1.77 bits per heavy atom. The van der Waals surface area contributed by atoms with Crippen LogP contribution in [-0.2, 0) is 12.1 Å². The zero-order valence-electron chi connectivity index (χ0n) is 18.7. The molecule has 7 heteroatoms. The molecule has 0 fully saturated rings. The fraction of sp³-hybridized carbons (Fsp3) is 0.478. The van der Waals surface area contributed by atoms with Crippen LogP contribution in [0.15, 0.2) is 45.8 Å². The van der Waals surface area contributed by atoms with Gasteiger partial charge in [-0.2, -0.15) is 0 Å². The van der Waals surface area contributed by atoms with Crippen molar-refractivity contribution in [2.75, 3.05) is 26.2 Å². The second kappa shape index (κ2) is 10.8. The van der Waals surface area contributed by atoms with Crippen molar-refractivity contribution in [2.45, 2.75) is 46.8 Å². The molecule has 0 saturated carbocycles. The van der Waals surface area contributed by atoms with E-state index in [1.54, 1.807) is 17.9 Å². The van der Waals surface area contributed by atoms with Crippen LogP contribution in [0.3, 0.4) is 0 Å². The molecule has 0 aliphatic heterocycles. The van der Waals surface area contributed by atoms with E-state index in [4.69, 9.17) is 4.42 Å². The Morgan fingerprint density at radius 3 is 2.30 bits per heavy atom. The maximum atomic E-state index is 12.4. The van der Waals surface area contributed by atoms with Crippen molar-refractivity contribution in [2.24, 2.45) is 4.99 Å². The van der Waals surface area contributed by atoms with E-state index < -0.39 is 5.60 Å². The van der Waals surface area contributed by atoms with Crippen LogP contribution in [-0.4, -0.2) is 48.1 Å². The number of aryl methyl sites for hydroxylation is 1. The maximum Gasteiger partial charge on any atom is 0.253 e. The number of carbonyl (C=O) groups is 1. The second-order valence-corrected chi connectivity index (χ2v) is 7.41. The number of guanidine groups is 1. The van der Waals surface area contributed by atoms with Gasteiger partial charge in [-0.3, -0.25) is 4.79 Å². The number of benzene rings is 1. The molecule has 1 atom stereocenters. The van der Waals surface area contributed by atoms with Crippen LogP contribution in [0.4, 0.5) is 0 Å². The van der Waals surface area contributed by atoms with Crippen LogP contribution in [0, 0.1) is 6.92 Å². The highest BCUT2D eigenvalue weighted by atomic mass is 16.4. The molecule has 0 saturated heterocycles. The topological polar surface area (TPSA) is 90.1 Å². The highest BCUT2D eigenvalue weighted by molar-refractivity contribution is 5.94. The van der Waals surface area contributed by atoms with E-state index in [2.05, 4.69) is 15.6 Å². The lowest BCUT2D eigenvalue weighted by molar-refractivity contribution is 0.0378. The molecule has 1 aromatic heterocycles. The van der Waals surface area contributed by atoms with Crippen molar-refractivity contribution in [3.63, 3.8) is 0 Å². The van der Waals surface area contributed by atoms with Crippen molar-refractivity contribution < 1.29 is 14.3 Å². The highest BCUT2D eigenvalue weighted by Crippen LogP contribution is 2.21. The number of rotatable bonds is 9. The monoisotopic (exact) mass is 414 g/mol. The number of furan rings is 1. The van der Waals surface area contributed by atoms with Crippen LogP contribution in [0.5, 0.6) is 0 Å². The maximum absolute atomic E-state index is 12.4. The largest absolute Gasteiger partial charge is 0.463 e. The van der Waals surface area contributed by atoms with Crippen LogP contribution in [0.25, 0.3) is 0 Å². The predicted octanol–water partition coefficient (Wildman–Crippen LogP) is 3.03. The van der Waals surface area contributed by atoms with Gasteiger partial charge < -0.3 is 25.1 Å². The van der Waals surface area contributed by atoms with Gasteiger partial charge in [-0.05, 0) is 64.4 Å². The number of nitrogens with zero attached hydrogens (tertiary/aromatic N) is 2. The van der Waals surface area contributed by atoms with Gasteiger partial charge in [0.1, 0.15) is 17.1 Å². The molecule has 1 amide bonds. The molecule has 0 spiro atoms. The number of carbonyl (C=O) groups excluding carboxylic acids is 1. The number of aliphatic imine (C=N–C) groups is 1. The molecule has 0 bridgehead atoms. The summed E-state index contributed by atoms with van der Waals surface area (Å²) in [5.41, 5.74) is 0.523. The molecule has 7 nitrogen and oxygen atoms in total. The molecule has 1 aromatic carbocycles. The predicted molar refractivity (Wildman–Crippen MR) is 120 cm³/mol. The van der Waals surface area contributed by atoms with E-state index in [-0.39, 0.29) is 12.5 Å². The van der Waals surface area contributed by atoms with Crippen molar-refractivity contribution in [3.05, 3.63) is 59.0 Å². The summed E-state index contributed by atoms with van der Waals surface area (Å²) in [4.78, 5) is 18.8. The molecule has 0 radical (unpaired) electrons. The number of aliphatic hydroxyl groups is 1. The minimum Gasteiger partial charge on any atom is -0.463 e. The molecule has 1 unspecified atom stereocenters. The first-order chi connectivity index (χ1) is 14.3. The van der Waals surface area contributed by atoms with Gasteiger partial charge in [-0.1, -0.05) is 12.1 Å². The summed E-state index contributed by atoms with van der Waals surface area (Å²) in [5.74, 6) is 1.91. The molecule has 30 heavy (non-hydrogen) atoms. The molecule has 3 N–H and O–H groups in total. The first-order valence-corrected chi connectivity index (χ1v) is 10.5. The molecule has 164 valence electrons. The number of hydrogen-bond acceptors (Lipinski definition) is 4. The van der Waals surface area contributed by atoms with E-state index in [0.29, 0.717) is 43.5 Å². The summed E-state index contributed by atoms with van der Waals surface area (Å²) in [6.45, 7) is 12.3. The SMILES string of the molecule is CCNC(=NCc1ccc(C(=O)N(CC)CC)cc1)NCC(C)(O)c1ccc(C)o1. The molecular formula is C23H34N4O3. The van der Waals surface area contributed by atoms with Crippen LogP contribution < -0.4 is 10.6 Å². The zero-order valence-corrected chi connectivity index (χ0v) is 18.7. The van der Waals surface area contributed by atoms with E-state index in [1.807, 2.05) is 58.0 Å². The second-order valence-electron chi connectivity index (χ2n) is 7.41. The average molecular weight is 415 g/mol. The summed E-state index contributed by atoms with van der Waals surface area (Å²) in [6, 6.07) is 11.1. The fourth-order valence-electron chi connectivity index (χ4n) is 3.03. The third-order valence-electron chi connectivity index (χ3n) is 4.89. The average Bonchev–Trinajstić information content (AvgIpc) is 3.18. The van der Waals surface area contributed by atoms with Crippen molar-refractivity contribution in [1.82, 2.24) is 15.5 Å². The normalized spacial score (nSPS) is 13.6. The Bertz CT molecular complexity index is 836. The van der Waals surface area contributed by atoms with Crippen molar-refractivity contribution in [1.29, 1.82) is 0 Å². The molecule has 2 rings (SSSR count). The Labute approximate surface area is 179 Å². The van der Waals surface area contributed by atoms with Crippen LogP contribution in [0.2, 0.25) is 0 Å². The summed E-state index contributed by atoms with van der Waals surface area (Å²) in [5, 5.41) is 17.0. The summed E-state index contributed by atoms with van der Waals surface area (Å²) < 4.78 is 5.55. The summed E-state index contributed by atoms with van der Waals surface area (Å²) in [6.07, 6.45) is 0. The smallest absolute Gasteiger partial charge is 0.253 e. The van der Waals surface area contributed by atoms with E-state index in [1.165, 1.54) is 0 Å². The quantitative estimate of drug-likeness (QED) is 0.433. The van der Waals surface area contributed by atoms with Gasteiger partial charge in [0.25, 0.3) is 5.91 Å². The van der Waals surface area contributed by atoms with Crippen molar-refractivity contribution >= 4 is 11.9 Å². The minimum absolute atomic E-state index is 0.0421. The summed E-state index contributed by atoms with van der Waals surface area (Å²) in [7, 11) is 0. The van der Waals surface area contributed by atoms with Gasteiger partial charge in [0.2, 0.25) is 0 Å². The molecule has 0 aliphatic rings. The summed E-state index contributed by atoms with van der Waals surface area (Å²) >= 11 is 0. The first-order valence-electron chi connectivity index (χ1n) is 10.5. The zero-order chi connectivity index (χ0) is 22.1. The fourth-order valence-corrected chi connectivity index (χ4v) is 3.03. The van der Waals surface area contributed by atoms with Crippen LogP contribution in [0.1, 0.15) is 55.1 Å². The standard InChI is InChI=1S/C23H34N4O3/c1-6-24-22(26-16-23(5,29)20-14-9-17(4)30-20)25-15-18-10-12-19(13-11-18)21(28)27(7-2)8-3/h9-14,29H,6-8,15-16H2,1-5H3,(H2,24,25,26). The Hall–Kier alpha value is -2.80. The van der Waals surface area contributed by atoms with Gasteiger partial charge >= 0.3 is 0 Å². The van der Waals surface area contributed by atoms with Gasteiger partial charge in [-0.25, -0.2) is 4.99 Å². The molecule has 1 heterocycles. The van der Waals surface area contributed by atoms with Gasteiger partial charge in [-0.15, -0.1) is 0 Å². The lowest BCUT2D eigenvalue weighted by Gasteiger charge is -2.22. The highest BCUT2D eigenvalue weighted by Gasteiger charge is 2.27.